The first-order valence-electron chi connectivity index (χ1n) is 9.41. The summed E-state index contributed by atoms with van der Waals surface area (Å²) in [6.45, 7) is 12.5. The van der Waals surface area contributed by atoms with Crippen LogP contribution in [0.15, 0.2) is 41.9 Å². The van der Waals surface area contributed by atoms with Gasteiger partial charge in [-0.25, -0.2) is 4.99 Å². The molecule has 1 aliphatic rings. The molecule has 0 saturated carbocycles. The van der Waals surface area contributed by atoms with E-state index < -0.39 is 0 Å². The first-order valence-corrected chi connectivity index (χ1v) is 9.78. The Morgan fingerprint density at radius 2 is 2.04 bits per heavy atom. The molecule has 27 heavy (non-hydrogen) atoms. The molecule has 1 aromatic carbocycles. The maximum Gasteiger partial charge on any atom is 0.191 e. The summed E-state index contributed by atoms with van der Waals surface area (Å²) in [5, 5.41) is 7.60. The second kappa shape index (κ2) is 13.2. The monoisotopic (exact) mass is 506 g/mol. The number of aliphatic imine (C=N–C) groups is 1. The Morgan fingerprint density at radius 1 is 1.37 bits per heavy atom. The van der Waals surface area contributed by atoms with E-state index in [4.69, 9.17) is 21.3 Å². The van der Waals surface area contributed by atoms with Gasteiger partial charge in [0.15, 0.2) is 5.96 Å². The van der Waals surface area contributed by atoms with Crippen LogP contribution in [0.25, 0.3) is 0 Å². The van der Waals surface area contributed by atoms with Gasteiger partial charge in [-0.05, 0) is 51.0 Å². The predicted molar refractivity (Wildman–Crippen MR) is 126 cm³/mol. The van der Waals surface area contributed by atoms with Crippen molar-refractivity contribution in [2.24, 2.45) is 4.99 Å². The number of ether oxygens (including phenoxy) is 1. The second-order valence-corrected chi connectivity index (χ2v) is 7.05. The van der Waals surface area contributed by atoms with Crippen molar-refractivity contribution in [3.63, 3.8) is 0 Å². The van der Waals surface area contributed by atoms with Gasteiger partial charge in [-0.1, -0.05) is 17.7 Å². The van der Waals surface area contributed by atoms with Crippen molar-refractivity contribution in [1.82, 2.24) is 15.5 Å². The van der Waals surface area contributed by atoms with E-state index in [2.05, 4.69) is 29.0 Å². The smallest absolute Gasteiger partial charge is 0.191 e. The van der Waals surface area contributed by atoms with Crippen LogP contribution in [0.2, 0.25) is 5.02 Å². The van der Waals surface area contributed by atoms with E-state index in [0.717, 1.165) is 50.7 Å². The molecule has 1 atom stereocenters. The predicted octanol–water partition coefficient (Wildman–Crippen LogP) is 3.93. The van der Waals surface area contributed by atoms with Gasteiger partial charge in [-0.15, -0.1) is 30.6 Å². The summed E-state index contributed by atoms with van der Waals surface area (Å²) in [4.78, 5) is 7.12. The van der Waals surface area contributed by atoms with Crippen LogP contribution < -0.4 is 15.4 Å². The van der Waals surface area contributed by atoms with Gasteiger partial charge < -0.3 is 15.4 Å². The van der Waals surface area contributed by atoms with E-state index in [1.165, 1.54) is 0 Å². The zero-order valence-corrected chi connectivity index (χ0v) is 19.4. The minimum atomic E-state index is -0.0129. The Morgan fingerprint density at radius 3 is 2.63 bits per heavy atom. The number of rotatable bonds is 8. The summed E-state index contributed by atoms with van der Waals surface area (Å²) < 4.78 is 5.89. The Balaban J connectivity index is 0.00000364. The lowest BCUT2D eigenvalue weighted by molar-refractivity contribution is 0.223. The van der Waals surface area contributed by atoms with E-state index in [9.17, 15) is 0 Å². The maximum atomic E-state index is 5.90. The molecule has 1 aromatic rings. The van der Waals surface area contributed by atoms with Crippen LogP contribution in [0.5, 0.6) is 5.75 Å². The van der Waals surface area contributed by atoms with Crippen molar-refractivity contribution < 1.29 is 4.74 Å². The van der Waals surface area contributed by atoms with E-state index in [1.54, 1.807) is 0 Å². The number of benzene rings is 1. The normalized spacial score (nSPS) is 16.9. The third kappa shape index (κ3) is 9.17. The number of nitrogens with zero attached hydrogens (tertiary/aromatic N) is 2. The largest absolute Gasteiger partial charge is 0.489 e. The van der Waals surface area contributed by atoms with Gasteiger partial charge in [-0.2, -0.15) is 0 Å². The summed E-state index contributed by atoms with van der Waals surface area (Å²) in [6, 6.07) is 7.88. The fourth-order valence-electron chi connectivity index (χ4n) is 2.96. The molecule has 1 unspecified atom stereocenters. The summed E-state index contributed by atoms with van der Waals surface area (Å²) in [5.74, 6) is 1.67. The highest BCUT2D eigenvalue weighted by Gasteiger charge is 2.19. The summed E-state index contributed by atoms with van der Waals surface area (Å²) >= 11 is 5.90. The topological polar surface area (TPSA) is 48.9 Å². The van der Waals surface area contributed by atoms with E-state index in [-0.39, 0.29) is 30.1 Å². The highest BCUT2D eigenvalue weighted by atomic mass is 127. The molecule has 0 aliphatic carbocycles. The zero-order chi connectivity index (χ0) is 18.8. The highest BCUT2D eigenvalue weighted by molar-refractivity contribution is 14.0. The first kappa shape index (κ1) is 24.0. The van der Waals surface area contributed by atoms with Crippen molar-refractivity contribution in [2.45, 2.75) is 38.8 Å². The molecule has 0 spiro atoms. The van der Waals surface area contributed by atoms with Crippen LogP contribution in [0.3, 0.4) is 0 Å². The molecular weight excluding hydrogens is 475 g/mol. The first-order chi connectivity index (χ1) is 12.6. The average Bonchev–Trinajstić information content (AvgIpc) is 2.64. The molecule has 1 fully saturated rings. The molecule has 0 radical (unpaired) electrons. The van der Waals surface area contributed by atoms with Crippen LogP contribution in [0, 0.1) is 0 Å². The molecule has 1 heterocycles. The number of piperidine rings is 1. The molecule has 7 heteroatoms. The lowest BCUT2D eigenvalue weighted by Gasteiger charge is -2.32. The van der Waals surface area contributed by atoms with Gasteiger partial charge in [0, 0.05) is 37.2 Å². The molecule has 2 rings (SSSR count). The van der Waals surface area contributed by atoms with Gasteiger partial charge in [0.2, 0.25) is 0 Å². The van der Waals surface area contributed by atoms with Crippen LogP contribution in [-0.2, 0) is 0 Å². The molecule has 2 N–H and O–H groups in total. The van der Waals surface area contributed by atoms with Gasteiger partial charge in [0.1, 0.15) is 11.9 Å². The van der Waals surface area contributed by atoms with E-state index in [1.807, 2.05) is 37.3 Å². The van der Waals surface area contributed by atoms with Crippen molar-refractivity contribution >= 4 is 41.5 Å². The maximum absolute atomic E-state index is 5.90. The SMILES string of the molecule is C=CCN1CCC(NC(=NCC(C)Oc2ccc(Cl)cc2)NCC)CC1.I. The van der Waals surface area contributed by atoms with Crippen molar-refractivity contribution in [3.8, 4) is 5.75 Å². The third-order valence-corrected chi connectivity index (χ3v) is 4.57. The fourth-order valence-corrected chi connectivity index (χ4v) is 3.08. The molecule has 152 valence electrons. The minimum absolute atomic E-state index is 0. The third-order valence-electron chi connectivity index (χ3n) is 4.32. The number of guanidine groups is 1. The summed E-state index contributed by atoms with van der Waals surface area (Å²) in [7, 11) is 0. The standard InChI is InChI=1S/C20H31ClN4O.HI/c1-4-12-25-13-10-18(11-14-25)24-20(22-5-2)23-15-16(3)26-19-8-6-17(21)7-9-19;/h4,6-9,16,18H,1,5,10-15H2,2-3H3,(H2,22,23,24);1H. The fraction of sp³-hybridized carbons (Fsp3) is 0.550. The second-order valence-electron chi connectivity index (χ2n) is 6.61. The van der Waals surface area contributed by atoms with E-state index in [0.29, 0.717) is 17.6 Å². The van der Waals surface area contributed by atoms with Gasteiger partial charge in [0.25, 0.3) is 0 Å². The van der Waals surface area contributed by atoms with Crippen LogP contribution in [-0.4, -0.2) is 55.7 Å². The Bertz CT molecular complexity index is 574. The van der Waals surface area contributed by atoms with Crippen molar-refractivity contribution in [1.29, 1.82) is 0 Å². The molecule has 0 aromatic heterocycles. The van der Waals surface area contributed by atoms with Crippen molar-refractivity contribution in [3.05, 3.63) is 41.9 Å². The molecule has 1 aliphatic heterocycles. The molecule has 0 amide bonds. The highest BCUT2D eigenvalue weighted by Crippen LogP contribution is 2.16. The minimum Gasteiger partial charge on any atom is -0.489 e. The van der Waals surface area contributed by atoms with Gasteiger partial charge in [0.05, 0.1) is 6.54 Å². The Hall–Kier alpha value is -0.990. The lowest BCUT2D eigenvalue weighted by atomic mass is 10.1. The Labute approximate surface area is 185 Å². The summed E-state index contributed by atoms with van der Waals surface area (Å²) in [6.07, 6.45) is 4.20. The summed E-state index contributed by atoms with van der Waals surface area (Å²) in [5.41, 5.74) is 0. The number of nitrogens with one attached hydrogen (secondary N) is 2. The molecule has 1 saturated heterocycles. The van der Waals surface area contributed by atoms with Crippen LogP contribution in [0.4, 0.5) is 0 Å². The molecular formula is C20H32ClIN4O. The lowest BCUT2D eigenvalue weighted by Crippen LogP contribution is -2.48. The number of likely N-dealkylation sites (tertiary alicyclic amines) is 1. The van der Waals surface area contributed by atoms with E-state index >= 15 is 0 Å². The number of hydrogen-bond donors (Lipinski definition) is 2. The number of hydrogen-bond acceptors (Lipinski definition) is 3. The molecule has 0 bridgehead atoms. The number of halogens is 2. The average molecular weight is 507 g/mol. The van der Waals surface area contributed by atoms with Gasteiger partial charge in [-0.3, -0.25) is 4.90 Å². The quantitative estimate of drug-likeness (QED) is 0.243. The van der Waals surface area contributed by atoms with Gasteiger partial charge >= 0.3 is 0 Å². The molecule has 5 nitrogen and oxygen atoms in total. The van der Waals surface area contributed by atoms with Crippen molar-refractivity contribution in [2.75, 3.05) is 32.7 Å². The van der Waals surface area contributed by atoms with Crippen LogP contribution in [0.1, 0.15) is 26.7 Å². The van der Waals surface area contributed by atoms with Crippen LogP contribution >= 0.6 is 35.6 Å². The zero-order valence-electron chi connectivity index (χ0n) is 16.3. The Kier molecular flexibility index (Phi) is 11.8.